The maximum atomic E-state index is 9.63. The summed E-state index contributed by atoms with van der Waals surface area (Å²) in [6, 6.07) is 0.658. The minimum atomic E-state index is -0.533. The Balaban J connectivity index is 2.14. The Morgan fingerprint density at radius 1 is 1.40 bits per heavy atom. The van der Waals surface area contributed by atoms with Gasteiger partial charge in [-0.1, -0.05) is 6.42 Å². The number of likely N-dealkylation sites (N-methyl/N-ethyl adjacent to an activating group) is 1. The number of rotatable bonds is 5. The molecule has 0 bridgehead atoms. The minimum Gasteiger partial charge on any atom is -0.390 e. The van der Waals surface area contributed by atoms with Crippen molar-refractivity contribution < 1.29 is 5.11 Å². The van der Waals surface area contributed by atoms with Gasteiger partial charge in [0, 0.05) is 19.1 Å². The molecule has 1 heterocycles. The van der Waals surface area contributed by atoms with E-state index < -0.39 is 5.60 Å². The van der Waals surface area contributed by atoms with E-state index in [9.17, 15) is 5.11 Å². The van der Waals surface area contributed by atoms with Crippen LogP contribution in [0.25, 0.3) is 0 Å². The zero-order valence-corrected chi connectivity index (χ0v) is 10.4. The molecular formula is C12H26N2O. The third kappa shape index (κ3) is 6.13. The van der Waals surface area contributed by atoms with E-state index in [1.54, 1.807) is 0 Å². The summed E-state index contributed by atoms with van der Waals surface area (Å²) in [6.07, 6.45) is 4.82. The molecule has 2 N–H and O–H groups in total. The summed E-state index contributed by atoms with van der Waals surface area (Å²) in [5, 5.41) is 13.2. The van der Waals surface area contributed by atoms with E-state index in [1.807, 2.05) is 13.8 Å². The molecule has 15 heavy (non-hydrogen) atoms. The van der Waals surface area contributed by atoms with Gasteiger partial charge in [0.05, 0.1) is 5.60 Å². The normalized spacial score (nSPS) is 23.4. The maximum absolute atomic E-state index is 9.63. The highest BCUT2D eigenvalue weighted by Crippen LogP contribution is 2.10. The lowest BCUT2D eigenvalue weighted by molar-refractivity contribution is 0.0593. The molecule has 0 aromatic rings. The smallest absolute Gasteiger partial charge is 0.0603 e. The van der Waals surface area contributed by atoms with E-state index in [2.05, 4.69) is 17.3 Å². The number of aliphatic hydroxyl groups is 1. The molecule has 0 aromatic heterocycles. The third-order valence-corrected chi connectivity index (χ3v) is 3.05. The Hall–Kier alpha value is -0.120. The van der Waals surface area contributed by atoms with Crippen LogP contribution in [-0.4, -0.2) is 48.3 Å². The molecule has 1 aliphatic heterocycles. The first-order valence-electron chi connectivity index (χ1n) is 6.12. The highest BCUT2D eigenvalue weighted by molar-refractivity contribution is 4.76. The minimum absolute atomic E-state index is 0.533. The molecule has 1 aliphatic rings. The molecule has 0 spiro atoms. The van der Waals surface area contributed by atoms with Crippen molar-refractivity contribution in [3.05, 3.63) is 0 Å². The van der Waals surface area contributed by atoms with Gasteiger partial charge in [-0.15, -0.1) is 0 Å². The number of piperidine rings is 1. The van der Waals surface area contributed by atoms with Gasteiger partial charge in [0.2, 0.25) is 0 Å². The van der Waals surface area contributed by atoms with Gasteiger partial charge in [0.15, 0.2) is 0 Å². The van der Waals surface area contributed by atoms with Crippen LogP contribution in [0.15, 0.2) is 0 Å². The fraction of sp³-hybridized carbons (Fsp3) is 1.00. The number of hydrogen-bond donors (Lipinski definition) is 2. The van der Waals surface area contributed by atoms with Crippen LogP contribution >= 0.6 is 0 Å². The van der Waals surface area contributed by atoms with Crippen molar-refractivity contribution in [2.45, 2.75) is 51.2 Å². The summed E-state index contributed by atoms with van der Waals surface area (Å²) in [5.74, 6) is 0. The molecule has 0 saturated carbocycles. The summed E-state index contributed by atoms with van der Waals surface area (Å²) in [6.45, 7) is 7.00. The van der Waals surface area contributed by atoms with Crippen LogP contribution in [0.2, 0.25) is 0 Å². The standard InChI is InChI=1S/C12H26N2O/c1-12(2,15)7-9-14(3)10-11-6-4-5-8-13-11/h11,13,15H,4-10H2,1-3H3. The summed E-state index contributed by atoms with van der Waals surface area (Å²) in [7, 11) is 2.14. The number of nitrogens with zero attached hydrogens (tertiary/aromatic N) is 1. The van der Waals surface area contributed by atoms with Crippen LogP contribution in [0.5, 0.6) is 0 Å². The van der Waals surface area contributed by atoms with Crippen molar-refractivity contribution in [1.82, 2.24) is 10.2 Å². The zero-order chi connectivity index (χ0) is 11.3. The van der Waals surface area contributed by atoms with Gasteiger partial charge >= 0.3 is 0 Å². The van der Waals surface area contributed by atoms with Gasteiger partial charge < -0.3 is 15.3 Å². The van der Waals surface area contributed by atoms with Gasteiger partial charge in [0.1, 0.15) is 0 Å². The van der Waals surface area contributed by atoms with Crippen LogP contribution in [-0.2, 0) is 0 Å². The lowest BCUT2D eigenvalue weighted by atomic mass is 10.0. The van der Waals surface area contributed by atoms with Crippen molar-refractivity contribution in [2.24, 2.45) is 0 Å². The molecule has 90 valence electrons. The van der Waals surface area contributed by atoms with Crippen LogP contribution in [0, 0.1) is 0 Å². The van der Waals surface area contributed by atoms with Gasteiger partial charge in [-0.3, -0.25) is 0 Å². The molecule has 1 fully saturated rings. The Bertz CT molecular complexity index is 171. The molecule has 1 saturated heterocycles. The second-order valence-electron chi connectivity index (χ2n) is 5.47. The lowest BCUT2D eigenvalue weighted by Gasteiger charge is -2.29. The second-order valence-corrected chi connectivity index (χ2v) is 5.47. The Morgan fingerprint density at radius 3 is 2.67 bits per heavy atom. The van der Waals surface area contributed by atoms with Crippen molar-refractivity contribution in [3.63, 3.8) is 0 Å². The Morgan fingerprint density at radius 2 is 2.13 bits per heavy atom. The molecule has 0 aliphatic carbocycles. The Kier molecular flexibility index (Phi) is 5.03. The van der Waals surface area contributed by atoms with E-state index in [0.29, 0.717) is 6.04 Å². The highest BCUT2D eigenvalue weighted by atomic mass is 16.3. The average Bonchev–Trinajstić information content (AvgIpc) is 2.15. The van der Waals surface area contributed by atoms with E-state index in [0.717, 1.165) is 19.5 Å². The quantitative estimate of drug-likeness (QED) is 0.722. The maximum Gasteiger partial charge on any atom is 0.0603 e. The largest absolute Gasteiger partial charge is 0.390 e. The van der Waals surface area contributed by atoms with Crippen molar-refractivity contribution in [1.29, 1.82) is 0 Å². The van der Waals surface area contributed by atoms with E-state index >= 15 is 0 Å². The molecule has 1 unspecified atom stereocenters. The van der Waals surface area contributed by atoms with Crippen molar-refractivity contribution in [3.8, 4) is 0 Å². The molecule has 3 nitrogen and oxygen atoms in total. The van der Waals surface area contributed by atoms with Crippen molar-refractivity contribution in [2.75, 3.05) is 26.7 Å². The van der Waals surface area contributed by atoms with Crippen LogP contribution in [0.3, 0.4) is 0 Å². The fourth-order valence-electron chi connectivity index (χ4n) is 2.01. The topological polar surface area (TPSA) is 35.5 Å². The van der Waals surface area contributed by atoms with Crippen LogP contribution in [0.1, 0.15) is 39.5 Å². The predicted molar refractivity (Wildman–Crippen MR) is 64.1 cm³/mol. The Labute approximate surface area is 93.9 Å². The van der Waals surface area contributed by atoms with Crippen LogP contribution in [0.4, 0.5) is 0 Å². The molecule has 0 amide bonds. The highest BCUT2D eigenvalue weighted by Gasteiger charge is 2.17. The SMILES string of the molecule is CN(CCC(C)(C)O)CC1CCCCN1. The number of nitrogens with one attached hydrogen (secondary N) is 1. The summed E-state index contributed by atoms with van der Waals surface area (Å²) >= 11 is 0. The monoisotopic (exact) mass is 214 g/mol. The first-order chi connectivity index (χ1) is 6.97. The van der Waals surface area contributed by atoms with Crippen LogP contribution < -0.4 is 5.32 Å². The molecule has 3 heteroatoms. The molecule has 1 atom stereocenters. The van der Waals surface area contributed by atoms with Gasteiger partial charge in [-0.2, -0.15) is 0 Å². The first-order valence-corrected chi connectivity index (χ1v) is 6.12. The van der Waals surface area contributed by atoms with Gasteiger partial charge in [0.25, 0.3) is 0 Å². The van der Waals surface area contributed by atoms with E-state index in [1.165, 1.54) is 25.8 Å². The second kappa shape index (κ2) is 5.83. The average molecular weight is 214 g/mol. The number of hydrogen-bond acceptors (Lipinski definition) is 3. The van der Waals surface area contributed by atoms with Gasteiger partial charge in [-0.25, -0.2) is 0 Å². The molecule has 0 radical (unpaired) electrons. The van der Waals surface area contributed by atoms with E-state index in [-0.39, 0.29) is 0 Å². The van der Waals surface area contributed by atoms with E-state index in [4.69, 9.17) is 0 Å². The molecule has 0 aromatic carbocycles. The lowest BCUT2D eigenvalue weighted by Crippen LogP contribution is -2.43. The predicted octanol–water partition coefficient (Wildman–Crippen LogP) is 1.22. The summed E-state index contributed by atoms with van der Waals surface area (Å²) in [5.41, 5.74) is -0.533. The van der Waals surface area contributed by atoms with Gasteiger partial charge in [-0.05, 0) is 46.7 Å². The molecular weight excluding hydrogens is 188 g/mol. The molecule has 1 rings (SSSR count). The summed E-state index contributed by atoms with van der Waals surface area (Å²) < 4.78 is 0. The third-order valence-electron chi connectivity index (χ3n) is 3.05. The fourth-order valence-corrected chi connectivity index (χ4v) is 2.01. The van der Waals surface area contributed by atoms with Crippen molar-refractivity contribution >= 4 is 0 Å². The summed E-state index contributed by atoms with van der Waals surface area (Å²) in [4.78, 5) is 2.32. The first kappa shape index (κ1) is 12.9. The zero-order valence-electron chi connectivity index (χ0n) is 10.4.